The van der Waals surface area contributed by atoms with E-state index in [1.165, 1.54) is 5.56 Å². The molecule has 2 aromatic rings. The number of amides is 1. The van der Waals surface area contributed by atoms with Crippen LogP contribution < -0.4 is 10.6 Å². The Bertz CT molecular complexity index is 954. The molecule has 2 aliphatic heterocycles. The van der Waals surface area contributed by atoms with Crippen molar-refractivity contribution in [3.05, 3.63) is 65.2 Å². The summed E-state index contributed by atoms with van der Waals surface area (Å²) >= 11 is 0. The third-order valence-corrected chi connectivity index (χ3v) is 5.71. The third kappa shape index (κ3) is 5.05. The maximum atomic E-state index is 12.3. The quantitative estimate of drug-likeness (QED) is 0.741. The zero-order valence-corrected chi connectivity index (χ0v) is 17.7. The van der Waals surface area contributed by atoms with Gasteiger partial charge in [0.05, 0.1) is 30.9 Å². The topological polar surface area (TPSA) is 92.6 Å². The van der Waals surface area contributed by atoms with Gasteiger partial charge in [-0.05, 0) is 41.3 Å². The van der Waals surface area contributed by atoms with Crippen LogP contribution in [0, 0.1) is 11.3 Å². The minimum atomic E-state index is -0.514. The molecule has 0 saturated carbocycles. The largest absolute Gasteiger partial charge is 0.441 e. The summed E-state index contributed by atoms with van der Waals surface area (Å²) in [4.78, 5) is 12.3. The molecule has 1 amide bonds. The van der Waals surface area contributed by atoms with E-state index in [0.29, 0.717) is 36.9 Å². The van der Waals surface area contributed by atoms with Crippen molar-refractivity contribution in [2.75, 3.05) is 18.5 Å². The predicted octanol–water partition coefficient (Wildman–Crippen LogP) is 3.55. The summed E-state index contributed by atoms with van der Waals surface area (Å²) in [6.07, 6.45) is -1.44. The Morgan fingerprint density at radius 3 is 2.68 bits per heavy atom. The Morgan fingerprint density at radius 2 is 1.94 bits per heavy atom. The summed E-state index contributed by atoms with van der Waals surface area (Å²) in [6, 6.07) is 17.4. The highest BCUT2D eigenvalue weighted by Crippen LogP contribution is 2.29. The van der Waals surface area contributed by atoms with Crippen molar-refractivity contribution in [1.29, 1.82) is 5.26 Å². The number of hydrogen-bond acceptors (Lipinski definition) is 6. The van der Waals surface area contributed by atoms with E-state index in [4.69, 9.17) is 19.5 Å². The summed E-state index contributed by atoms with van der Waals surface area (Å²) < 4.78 is 17.4. The first kappa shape index (κ1) is 21.3. The van der Waals surface area contributed by atoms with Crippen LogP contribution >= 0.6 is 0 Å². The SMILES string of the molecule is CC(C)c1ccc(NC(=O)O[C@@H]2CO[C@H]3[C@@H]2OC[C@@H]3NCc2cccc(C#N)c2)cc1. The zero-order chi connectivity index (χ0) is 21.8. The van der Waals surface area contributed by atoms with Gasteiger partial charge in [0, 0.05) is 12.2 Å². The van der Waals surface area contributed by atoms with Crippen LogP contribution in [0.15, 0.2) is 48.5 Å². The monoisotopic (exact) mass is 421 g/mol. The molecule has 0 aliphatic carbocycles. The van der Waals surface area contributed by atoms with Crippen LogP contribution in [0.1, 0.15) is 36.5 Å². The lowest BCUT2D eigenvalue weighted by atomic mass is 10.0. The number of rotatable bonds is 6. The first-order chi connectivity index (χ1) is 15.0. The highest BCUT2D eigenvalue weighted by molar-refractivity contribution is 5.84. The van der Waals surface area contributed by atoms with Crippen LogP contribution in [0.2, 0.25) is 0 Å². The average Bonchev–Trinajstić information content (AvgIpc) is 3.36. The van der Waals surface area contributed by atoms with Gasteiger partial charge in [0.15, 0.2) is 6.10 Å². The molecule has 2 aromatic carbocycles. The van der Waals surface area contributed by atoms with Crippen LogP contribution in [0.25, 0.3) is 0 Å². The van der Waals surface area contributed by atoms with E-state index in [2.05, 4.69) is 30.6 Å². The normalized spacial score (nSPS) is 24.6. The van der Waals surface area contributed by atoms with Crippen LogP contribution in [0.4, 0.5) is 10.5 Å². The second-order valence-electron chi connectivity index (χ2n) is 8.24. The second-order valence-corrected chi connectivity index (χ2v) is 8.24. The minimum absolute atomic E-state index is 0.00372. The first-order valence-electron chi connectivity index (χ1n) is 10.6. The molecule has 0 bridgehead atoms. The van der Waals surface area contributed by atoms with Crippen LogP contribution in [-0.4, -0.2) is 43.7 Å². The van der Waals surface area contributed by atoms with Crippen molar-refractivity contribution in [2.45, 2.75) is 50.7 Å². The molecule has 2 aliphatic rings. The molecule has 7 heteroatoms. The van der Waals surface area contributed by atoms with Crippen molar-refractivity contribution in [3.8, 4) is 6.07 Å². The van der Waals surface area contributed by atoms with Gasteiger partial charge in [0.1, 0.15) is 12.2 Å². The van der Waals surface area contributed by atoms with Crippen LogP contribution in [0.5, 0.6) is 0 Å². The Balaban J connectivity index is 1.27. The van der Waals surface area contributed by atoms with Gasteiger partial charge >= 0.3 is 6.09 Å². The van der Waals surface area contributed by atoms with E-state index in [-0.39, 0.29) is 18.2 Å². The fraction of sp³-hybridized carbons (Fsp3) is 0.417. The van der Waals surface area contributed by atoms with Crippen molar-refractivity contribution >= 4 is 11.8 Å². The van der Waals surface area contributed by atoms with Gasteiger partial charge in [-0.3, -0.25) is 5.32 Å². The summed E-state index contributed by atoms with van der Waals surface area (Å²) in [5, 5.41) is 15.2. The lowest BCUT2D eigenvalue weighted by Gasteiger charge is -2.18. The number of carbonyl (C=O) groups is 1. The van der Waals surface area contributed by atoms with Crippen molar-refractivity contribution < 1.29 is 19.0 Å². The van der Waals surface area contributed by atoms with Gasteiger partial charge < -0.3 is 19.5 Å². The number of nitrogens with zero attached hydrogens (tertiary/aromatic N) is 1. The fourth-order valence-corrected chi connectivity index (χ4v) is 3.98. The van der Waals surface area contributed by atoms with Crippen LogP contribution in [0.3, 0.4) is 0 Å². The Hall–Kier alpha value is -2.92. The van der Waals surface area contributed by atoms with E-state index in [9.17, 15) is 4.79 Å². The molecule has 0 spiro atoms. The van der Waals surface area contributed by atoms with Gasteiger partial charge in [-0.25, -0.2) is 4.79 Å². The van der Waals surface area contributed by atoms with E-state index in [0.717, 1.165) is 5.56 Å². The molecular weight excluding hydrogens is 394 g/mol. The molecule has 7 nitrogen and oxygen atoms in total. The van der Waals surface area contributed by atoms with Crippen LogP contribution in [-0.2, 0) is 20.8 Å². The number of nitrogens with one attached hydrogen (secondary N) is 2. The summed E-state index contributed by atoms with van der Waals surface area (Å²) in [5.74, 6) is 0.435. The highest BCUT2D eigenvalue weighted by atomic mass is 16.6. The molecule has 162 valence electrons. The number of carbonyl (C=O) groups excluding carboxylic acids is 1. The predicted molar refractivity (Wildman–Crippen MR) is 116 cm³/mol. The van der Waals surface area contributed by atoms with Crippen molar-refractivity contribution in [3.63, 3.8) is 0 Å². The maximum absolute atomic E-state index is 12.3. The van der Waals surface area contributed by atoms with Gasteiger partial charge in [-0.1, -0.05) is 38.1 Å². The molecule has 31 heavy (non-hydrogen) atoms. The first-order valence-corrected chi connectivity index (χ1v) is 10.6. The molecule has 2 fully saturated rings. The number of fused-ring (bicyclic) bond motifs is 1. The molecule has 4 atom stereocenters. The Labute approximate surface area is 182 Å². The van der Waals surface area contributed by atoms with Gasteiger partial charge in [0.25, 0.3) is 0 Å². The standard InChI is InChI=1S/C24H27N3O4/c1-15(2)18-6-8-19(9-7-18)27-24(28)31-21-14-30-22-20(13-29-23(21)22)26-12-17-5-3-4-16(10-17)11-25/h3-10,15,20-23,26H,12-14H2,1-2H3,(H,27,28)/t20-,21+,22+,23+/m0/s1. The number of ether oxygens (including phenoxy) is 3. The zero-order valence-electron chi connectivity index (χ0n) is 17.7. The third-order valence-electron chi connectivity index (χ3n) is 5.71. The average molecular weight is 421 g/mol. The van der Waals surface area contributed by atoms with Gasteiger partial charge in [-0.2, -0.15) is 5.26 Å². The highest BCUT2D eigenvalue weighted by Gasteiger charge is 2.49. The summed E-state index contributed by atoms with van der Waals surface area (Å²) in [5.41, 5.74) is 3.56. The van der Waals surface area contributed by atoms with E-state index < -0.39 is 12.2 Å². The van der Waals surface area contributed by atoms with Gasteiger partial charge in [0.2, 0.25) is 0 Å². The number of hydrogen-bond donors (Lipinski definition) is 2. The molecule has 0 unspecified atom stereocenters. The molecule has 2 saturated heterocycles. The lowest BCUT2D eigenvalue weighted by Crippen LogP contribution is -2.41. The Kier molecular flexibility index (Phi) is 6.52. The lowest BCUT2D eigenvalue weighted by molar-refractivity contribution is 0.00854. The molecular formula is C24H27N3O4. The Morgan fingerprint density at radius 1 is 1.16 bits per heavy atom. The van der Waals surface area contributed by atoms with E-state index in [1.54, 1.807) is 6.07 Å². The minimum Gasteiger partial charge on any atom is -0.441 e. The smallest absolute Gasteiger partial charge is 0.412 e. The maximum Gasteiger partial charge on any atom is 0.412 e. The van der Waals surface area contributed by atoms with E-state index >= 15 is 0 Å². The molecule has 2 N–H and O–H groups in total. The number of benzene rings is 2. The molecule has 0 radical (unpaired) electrons. The van der Waals surface area contributed by atoms with Crippen molar-refractivity contribution in [2.24, 2.45) is 0 Å². The van der Waals surface area contributed by atoms with Crippen molar-refractivity contribution in [1.82, 2.24) is 5.32 Å². The second kappa shape index (κ2) is 9.48. The number of anilines is 1. The molecule has 0 aromatic heterocycles. The fourth-order valence-electron chi connectivity index (χ4n) is 3.98. The molecule has 4 rings (SSSR count). The van der Waals surface area contributed by atoms with Gasteiger partial charge in [-0.15, -0.1) is 0 Å². The molecule has 2 heterocycles. The number of nitriles is 1. The summed E-state index contributed by atoms with van der Waals surface area (Å²) in [7, 11) is 0. The summed E-state index contributed by atoms with van der Waals surface area (Å²) in [6.45, 7) is 5.64. The van der Waals surface area contributed by atoms with E-state index in [1.807, 2.05) is 42.5 Å².